The molecule has 1 amide bonds. The molecule has 5 heteroatoms. The molecule has 0 atom stereocenters. The third-order valence-electron chi connectivity index (χ3n) is 5.08. The molecule has 2 N–H and O–H groups in total. The molecule has 29 heavy (non-hydrogen) atoms. The topological polar surface area (TPSA) is 50.4 Å². The molecule has 1 fully saturated rings. The Hall–Kier alpha value is -2.63. The molecule has 0 unspecified atom stereocenters. The van der Waals surface area contributed by atoms with Crippen molar-refractivity contribution in [1.29, 1.82) is 0 Å². The van der Waals surface area contributed by atoms with Crippen molar-refractivity contribution in [3.63, 3.8) is 0 Å². The van der Waals surface area contributed by atoms with E-state index < -0.39 is 0 Å². The van der Waals surface area contributed by atoms with Gasteiger partial charge in [0, 0.05) is 11.4 Å². The van der Waals surface area contributed by atoms with Crippen LogP contribution in [-0.4, -0.2) is 31.6 Å². The lowest BCUT2D eigenvalue weighted by atomic mass is 10.1. The van der Waals surface area contributed by atoms with Gasteiger partial charge in [-0.15, -0.1) is 11.3 Å². The van der Waals surface area contributed by atoms with E-state index in [1.807, 2.05) is 42.5 Å². The van der Waals surface area contributed by atoms with Crippen LogP contribution < -0.4 is 15.4 Å². The summed E-state index contributed by atoms with van der Waals surface area (Å²) in [6.45, 7) is 2.66. The maximum atomic E-state index is 12.5. The van der Waals surface area contributed by atoms with Gasteiger partial charge in [0.25, 0.3) is 5.91 Å². The number of amides is 1. The average molecular weight is 407 g/mol. The molecule has 4 rings (SSSR count). The lowest BCUT2D eigenvalue weighted by Crippen LogP contribution is -2.34. The molecule has 0 bridgehead atoms. The van der Waals surface area contributed by atoms with Crippen molar-refractivity contribution in [2.75, 3.05) is 19.6 Å². The minimum Gasteiger partial charge on any atom is -0.490 e. The van der Waals surface area contributed by atoms with Crippen molar-refractivity contribution in [3.8, 4) is 16.2 Å². The zero-order chi connectivity index (χ0) is 19.9. The second-order valence-corrected chi connectivity index (χ2v) is 8.33. The van der Waals surface area contributed by atoms with E-state index in [2.05, 4.69) is 34.9 Å². The Morgan fingerprint density at radius 1 is 1.03 bits per heavy atom. The Balaban J connectivity index is 1.35. The van der Waals surface area contributed by atoms with Gasteiger partial charge in [-0.25, -0.2) is 0 Å². The van der Waals surface area contributed by atoms with E-state index in [9.17, 15) is 4.79 Å². The van der Waals surface area contributed by atoms with Crippen LogP contribution in [0.1, 0.15) is 28.1 Å². The number of nitrogens with one attached hydrogen (secondary N) is 2. The summed E-state index contributed by atoms with van der Waals surface area (Å²) in [5.41, 5.74) is 2.31. The van der Waals surface area contributed by atoms with Crippen LogP contribution in [0.4, 0.5) is 0 Å². The van der Waals surface area contributed by atoms with E-state index >= 15 is 0 Å². The first kappa shape index (κ1) is 19.7. The Labute approximate surface area is 175 Å². The third kappa shape index (κ3) is 5.46. The van der Waals surface area contributed by atoms with Gasteiger partial charge in [0.2, 0.25) is 0 Å². The number of hydrogen-bond acceptors (Lipinski definition) is 4. The molecular weight excluding hydrogens is 380 g/mol. The predicted molar refractivity (Wildman–Crippen MR) is 119 cm³/mol. The van der Waals surface area contributed by atoms with Crippen molar-refractivity contribution in [2.45, 2.75) is 25.4 Å². The summed E-state index contributed by atoms with van der Waals surface area (Å²) in [5, 5.41) is 6.38. The number of thiophene rings is 1. The Morgan fingerprint density at radius 2 is 1.86 bits per heavy atom. The first-order valence-corrected chi connectivity index (χ1v) is 11.0. The van der Waals surface area contributed by atoms with Gasteiger partial charge in [0.05, 0.1) is 4.88 Å². The molecule has 4 nitrogen and oxygen atoms in total. The molecule has 1 saturated heterocycles. The molecule has 2 aromatic carbocycles. The van der Waals surface area contributed by atoms with Crippen LogP contribution in [0, 0.1) is 0 Å². The van der Waals surface area contributed by atoms with Crippen molar-refractivity contribution in [1.82, 2.24) is 10.6 Å². The number of benzene rings is 2. The van der Waals surface area contributed by atoms with E-state index in [4.69, 9.17) is 4.74 Å². The van der Waals surface area contributed by atoms with Gasteiger partial charge < -0.3 is 15.4 Å². The van der Waals surface area contributed by atoms with Crippen LogP contribution >= 0.6 is 11.3 Å². The van der Waals surface area contributed by atoms with Crippen LogP contribution in [0.5, 0.6) is 5.75 Å². The number of ether oxygens (including phenoxy) is 1. The highest BCUT2D eigenvalue weighted by Gasteiger charge is 2.15. The second-order valence-electron chi connectivity index (χ2n) is 7.25. The maximum absolute atomic E-state index is 12.5. The van der Waals surface area contributed by atoms with Crippen molar-refractivity contribution in [2.24, 2.45) is 0 Å². The van der Waals surface area contributed by atoms with Gasteiger partial charge in [-0.2, -0.15) is 0 Å². The van der Waals surface area contributed by atoms with E-state index in [-0.39, 0.29) is 12.0 Å². The second kappa shape index (κ2) is 9.72. The smallest absolute Gasteiger partial charge is 0.261 e. The molecular formula is C24H26N2O2S. The molecule has 0 saturated carbocycles. The molecule has 2 heterocycles. The Bertz CT molecular complexity index is 933. The highest BCUT2D eigenvalue weighted by Crippen LogP contribution is 2.31. The van der Waals surface area contributed by atoms with Crippen molar-refractivity contribution in [3.05, 3.63) is 77.2 Å². The minimum absolute atomic E-state index is 0.0145. The van der Waals surface area contributed by atoms with Gasteiger partial charge in [0.1, 0.15) is 11.9 Å². The van der Waals surface area contributed by atoms with E-state index in [0.29, 0.717) is 6.54 Å². The van der Waals surface area contributed by atoms with Crippen molar-refractivity contribution < 1.29 is 9.53 Å². The summed E-state index contributed by atoms with van der Waals surface area (Å²) in [6.07, 6.45) is 3.19. The number of piperidine rings is 1. The van der Waals surface area contributed by atoms with Gasteiger partial charge in [-0.05, 0) is 67.7 Å². The van der Waals surface area contributed by atoms with Crippen LogP contribution in [0.25, 0.3) is 10.4 Å². The fourth-order valence-corrected chi connectivity index (χ4v) is 4.41. The summed E-state index contributed by atoms with van der Waals surface area (Å²) < 4.78 is 6.15. The van der Waals surface area contributed by atoms with Crippen molar-refractivity contribution >= 4 is 17.2 Å². The largest absolute Gasteiger partial charge is 0.490 e. The van der Waals surface area contributed by atoms with E-state index in [1.165, 1.54) is 16.9 Å². The summed E-state index contributed by atoms with van der Waals surface area (Å²) >= 11 is 1.52. The lowest BCUT2D eigenvalue weighted by molar-refractivity contribution is 0.0958. The molecule has 1 aromatic heterocycles. The first-order valence-electron chi connectivity index (χ1n) is 10.2. The zero-order valence-corrected chi connectivity index (χ0v) is 17.2. The predicted octanol–water partition coefficient (Wildman–Crippen LogP) is 4.52. The molecule has 0 aliphatic carbocycles. The lowest BCUT2D eigenvalue weighted by Gasteiger charge is -2.24. The van der Waals surface area contributed by atoms with Crippen LogP contribution in [0.3, 0.4) is 0 Å². The van der Waals surface area contributed by atoms with Crippen LogP contribution in [0.2, 0.25) is 0 Å². The first-order chi connectivity index (χ1) is 14.3. The normalized spacial score (nSPS) is 14.5. The fourth-order valence-electron chi connectivity index (χ4n) is 3.50. The maximum Gasteiger partial charge on any atom is 0.261 e. The van der Waals surface area contributed by atoms with Crippen LogP contribution in [-0.2, 0) is 6.42 Å². The highest BCUT2D eigenvalue weighted by molar-refractivity contribution is 7.17. The number of rotatable bonds is 7. The summed E-state index contributed by atoms with van der Waals surface area (Å²) in [7, 11) is 0. The van der Waals surface area contributed by atoms with Crippen LogP contribution in [0.15, 0.2) is 66.7 Å². The number of carbonyl (C=O) groups is 1. The summed E-state index contributed by atoms with van der Waals surface area (Å²) in [4.78, 5) is 14.3. The SMILES string of the molecule is O=C(NCCc1ccccc1)c1ccc(-c2cccc(OC3CCNCC3)c2)s1. The van der Waals surface area contributed by atoms with E-state index in [1.54, 1.807) is 0 Å². The minimum atomic E-state index is -0.0145. The van der Waals surface area contributed by atoms with Gasteiger partial charge in [-0.3, -0.25) is 4.79 Å². The monoisotopic (exact) mass is 406 g/mol. The number of carbonyl (C=O) groups excluding carboxylic acids is 1. The standard InChI is InChI=1S/C24H26N2O2S/c27-24(26-16-11-18-5-2-1-3-6-18)23-10-9-22(29-23)19-7-4-8-21(17-19)28-20-12-14-25-15-13-20/h1-10,17,20,25H,11-16H2,(H,26,27). The molecule has 1 aliphatic rings. The summed E-state index contributed by atoms with van der Waals surface area (Å²) in [6, 6.07) is 22.3. The molecule has 3 aromatic rings. The van der Waals surface area contributed by atoms with Gasteiger partial charge in [0.15, 0.2) is 0 Å². The fraction of sp³-hybridized carbons (Fsp3) is 0.292. The zero-order valence-electron chi connectivity index (χ0n) is 16.4. The van der Waals surface area contributed by atoms with Gasteiger partial charge >= 0.3 is 0 Å². The highest BCUT2D eigenvalue weighted by atomic mass is 32.1. The Kier molecular flexibility index (Phi) is 6.60. The third-order valence-corrected chi connectivity index (χ3v) is 6.21. The van der Waals surface area contributed by atoms with Gasteiger partial charge in [-0.1, -0.05) is 42.5 Å². The average Bonchev–Trinajstić information content (AvgIpc) is 3.26. The quantitative estimate of drug-likeness (QED) is 0.607. The number of hydrogen-bond donors (Lipinski definition) is 2. The Morgan fingerprint density at radius 3 is 2.69 bits per heavy atom. The summed E-state index contributed by atoms with van der Waals surface area (Å²) in [5.74, 6) is 0.885. The molecule has 1 aliphatic heterocycles. The molecule has 0 spiro atoms. The molecule has 150 valence electrons. The van der Waals surface area contributed by atoms with E-state index in [0.717, 1.165) is 53.4 Å². The molecule has 0 radical (unpaired) electrons.